The van der Waals surface area contributed by atoms with Crippen LogP contribution in [0.4, 0.5) is 0 Å². The number of hydrogen-bond acceptors (Lipinski definition) is 3. The highest BCUT2D eigenvalue weighted by Gasteiger charge is 2.19. The molecule has 2 N–H and O–H groups in total. The van der Waals surface area contributed by atoms with Gasteiger partial charge in [-0.15, -0.1) is 0 Å². The lowest BCUT2D eigenvalue weighted by Crippen LogP contribution is -2.44. The second kappa shape index (κ2) is 6.79. The van der Waals surface area contributed by atoms with E-state index in [1.165, 1.54) is 0 Å². The van der Waals surface area contributed by atoms with Crippen LogP contribution >= 0.6 is 0 Å². The third kappa shape index (κ3) is 4.58. The molecular formula is C10H20N2O2. The Hall–Kier alpha value is -0.610. The molecule has 1 fully saturated rings. The van der Waals surface area contributed by atoms with Crippen LogP contribution in [-0.2, 0) is 9.53 Å². The molecule has 0 saturated carbocycles. The molecule has 14 heavy (non-hydrogen) atoms. The number of ether oxygens (including phenoxy) is 1. The van der Waals surface area contributed by atoms with E-state index in [1.807, 2.05) is 0 Å². The molecule has 0 spiro atoms. The van der Waals surface area contributed by atoms with E-state index in [0.29, 0.717) is 12.3 Å². The van der Waals surface area contributed by atoms with Crippen LogP contribution < -0.4 is 10.6 Å². The molecule has 0 aromatic rings. The van der Waals surface area contributed by atoms with Crippen LogP contribution in [0.2, 0.25) is 0 Å². The smallest absolute Gasteiger partial charge is 0.220 e. The zero-order valence-electron chi connectivity index (χ0n) is 8.84. The Morgan fingerprint density at radius 1 is 1.50 bits per heavy atom. The second-order valence-electron chi connectivity index (χ2n) is 3.78. The predicted octanol–water partition coefficient (Wildman–Crippen LogP) is 0.139. The van der Waals surface area contributed by atoms with Gasteiger partial charge in [0, 0.05) is 26.7 Å². The maximum atomic E-state index is 11.3. The van der Waals surface area contributed by atoms with Crippen LogP contribution in [-0.4, -0.2) is 39.3 Å². The van der Waals surface area contributed by atoms with E-state index in [1.54, 1.807) is 7.11 Å². The highest BCUT2D eigenvalue weighted by atomic mass is 16.5. The van der Waals surface area contributed by atoms with Crippen LogP contribution in [0.1, 0.15) is 19.3 Å². The van der Waals surface area contributed by atoms with Gasteiger partial charge < -0.3 is 15.4 Å². The van der Waals surface area contributed by atoms with Crippen molar-refractivity contribution in [2.24, 2.45) is 5.92 Å². The first-order valence-corrected chi connectivity index (χ1v) is 5.29. The topological polar surface area (TPSA) is 50.4 Å². The minimum Gasteiger partial charge on any atom is -0.385 e. The van der Waals surface area contributed by atoms with E-state index in [4.69, 9.17) is 4.74 Å². The quantitative estimate of drug-likeness (QED) is 0.575. The normalized spacial score (nSPS) is 16.4. The summed E-state index contributed by atoms with van der Waals surface area (Å²) in [5, 5.41) is 6.07. The van der Waals surface area contributed by atoms with Crippen molar-refractivity contribution in [2.75, 3.05) is 33.4 Å². The highest BCUT2D eigenvalue weighted by molar-refractivity contribution is 5.76. The first-order chi connectivity index (χ1) is 6.83. The molecule has 1 aliphatic heterocycles. The third-order valence-corrected chi connectivity index (χ3v) is 2.44. The summed E-state index contributed by atoms with van der Waals surface area (Å²) >= 11 is 0. The van der Waals surface area contributed by atoms with Gasteiger partial charge in [-0.2, -0.15) is 0 Å². The summed E-state index contributed by atoms with van der Waals surface area (Å²) < 4.78 is 4.92. The van der Waals surface area contributed by atoms with Gasteiger partial charge >= 0.3 is 0 Å². The number of amides is 1. The largest absolute Gasteiger partial charge is 0.385 e. The van der Waals surface area contributed by atoms with Crippen molar-refractivity contribution in [3.05, 3.63) is 0 Å². The SMILES string of the molecule is COCCCCNC(=O)CC1CNC1. The van der Waals surface area contributed by atoms with Gasteiger partial charge in [-0.05, 0) is 31.8 Å². The van der Waals surface area contributed by atoms with E-state index in [9.17, 15) is 4.79 Å². The molecule has 0 aromatic heterocycles. The summed E-state index contributed by atoms with van der Waals surface area (Å²) in [6, 6.07) is 0. The summed E-state index contributed by atoms with van der Waals surface area (Å²) in [7, 11) is 1.70. The third-order valence-electron chi connectivity index (χ3n) is 2.44. The number of carbonyl (C=O) groups excluding carboxylic acids is 1. The van der Waals surface area contributed by atoms with Crippen molar-refractivity contribution in [3.8, 4) is 0 Å². The standard InChI is InChI=1S/C10H20N2O2/c1-14-5-3-2-4-12-10(13)6-9-7-11-8-9/h9,11H,2-8H2,1H3,(H,12,13). The van der Waals surface area contributed by atoms with E-state index in [0.717, 1.165) is 39.1 Å². The number of carbonyl (C=O) groups is 1. The summed E-state index contributed by atoms with van der Waals surface area (Å²) in [6.07, 6.45) is 2.70. The first-order valence-electron chi connectivity index (χ1n) is 5.29. The summed E-state index contributed by atoms with van der Waals surface area (Å²) in [6.45, 7) is 3.55. The average Bonchev–Trinajstić information content (AvgIpc) is 2.11. The summed E-state index contributed by atoms with van der Waals surface area (Å²) in [4.78, 5) is 11.3. The van der Waals surface area contributed by atoms with Crippen LogP contribution in [0.5, 0.6) is 0 Å². The van der Waals surface area contributed by atoms with Gasteiger partial charge in [0.2, 0.25) is 5.91 Å². The number of hydrogen-bond donors (Lipinski definition) is 2. The molecular weight excluding hydrogens is 180 g/mol. The van der Waals surface area contributed by atoms with Gasteiger partial charge in [0.05, 0.1) is 0 Å². The Bertz CT molecular complexity index is 170. The number of nitrogens with one attached hydrogen (secondary N) is 2. The second-order valence-corrected chi connectivity index (χ2v) is 3.78. The van der Waals surface area contributed by atoms with Crippen molar-refractivity contribution in [2.45, 2.75) is 19.3 Å². The molecule has 1 heterocycles. The molecule has 0 aliphatic carbocycles. The Morgan fingerprint density at radius 2 is 2.29 bits per heavy atom. The lowest BCUT2D eigenvalue weighted by Gasteiger charge is -2.26. The van der Waals surface area contributed by atoms with Gasteiger partial charge in [-0.3, -0.25) is 4.79 Å². The highest BCUT2D eigenvalue weighted by Crippen LogP contribution is 2.07. The number of methoxy groups -OCH3 is 1. The fourth-order valence-corrected chi connectivity index (χ4v) is 1.43. The van der Waals surface area contributed by atoms with Crippen molar-refractivity contribution in [1.29, 1.82) is 0 Å². The minimum absolute atomic E-state index is 0.189. The van der Waals surface area contributed by atoms with Gasteiger partial charge in [-0.1, -0.05) is 0 Å². The van der Waals surface area contributed by atoms with Gasteiger partial charge in [0.25, 0.3) is 0 Å². The van der Waals surface area contributed by atoms with Crippen LogP contribution in [0.3, 0.4) is 0 Å². The van der Waals surface area contributed by atoms with E-state index < -0.39 is 0 Å². The molecule has 4 nitrogen and oxygen atoms in total. The molecule has 0 radical (unpaired) electrons. The molecule has 82 valence electrons. The van der Waals surface area contributed by atoms with Crippen molar-refractivity contribution in [3.63, 3.8) is 0 Å². The molecule has 0 bridgehead atoms. The lowest BCUT2D eigenvalue weighted by molar-refractivity contribution is -0.122. The number of rotatable bonds is 7. The van der Waals surface area contributed by atoms with Crippen LogP contribution in [0.15, 0.2) is 0 Å². The maximum absolute atomic E-state index is 11.3. The van der Waals surface area contributed by atoms with Gasteiger partial charge in [0.1, 0.15) is 0 Å². The molecule has 1 saturated heterocycles. The van der Waals surface area contributed by atoms with E-state index >= 15 is 0 Å². The van der Waals surface area contributed by atoms with Crippen LogP contribution in [0, 0.1) is 5.92 Å². The molecule has 1 amide bonds. The molecule has 1 rings (SSSR count). The van der Waals surface area contributed by atoms with Gasteiger partial charge in [0.15, 0.2) is 0 Å². The Labute approximate surface area is 85.4 Å². The summed E-state index contributed by atoms with van der Waals surface area (Å²) in [5.74, 6) is 0.753. The molecule has 0 atom stereocenters. The summed E-state index contributed by atoms with van der Waals surface area (Å²) in [5.41, 5.74) is 0. The molecule has 1 aliphatic rings. The monoisotopic (exact) mass is 200 g/mol. The van der Waals surface area contributed by atoms with E-state index in [-0.39, 0.29) is 5.91 Å². The van der Waals surface area contributed by atoms with Crippen molar-refractivity contribution >= 4 is 5.91 Å². The zero-order chi connectivity index (χ0) is 10.2. The fourth-order valence-electron chi connectivity index (χ4n) is 1.43. The molecule has 0 unspecified atom stereocenters. The maximum Gasteiger partial charge on any atom is 0.220 e. The van der Waals surface area contributed by atoms with Crippen LogP contribution in [0.25, 0.3) is 0 Å². The number of unbranched alkanes of at least 4 members (excludes halogenated alkanes) is 1. The zero-order valence-corrected chi connectivity index (χ0v) is 8.84. The van der Waals surface area contributed by atoms with Crippen molar-refractivity contribution in [1.82, 2.24) is 10.6 Å². The van der Waals surface area contributed by atoms with E-state index in [2.05, 4.69) is 10.6 Å². The Kier molecular flexibility index (Phi) is 5.56. The average molecular weight is 200 g/mol. The fraction of sp³-hybridized carbons (Fsp3) is 0.900. The Morgan fingerprint density at radius 3 is 2.86 bits per heavy atom. The lowest BCUT2D eigenvalue weighted by atomic mass is 9.99. The molecule has 4 heteroatoms. The minimum atomic E-state index is 0.189. The van der Waals surface area contributed by atoms with Gasteiger partial charge in [-0.25, -0.2) is 0 Å². The Balaban J connectivity index is 1.87. The predicted molar refractivity (Wildman–Crippen MR) is 55.1 cm³/mol. The molecule has 0 aromatic carbocycles. The first kappa shape index (κ1) is 11.5. The van der Waals surface area contributed by atoms with Crippen molar-refractivity contribution < 1.29 is 9.53 Å².